The molecule has 12 heteroatoms. The number of sulfonamides is 1. The minimum atomic E-state index is -3.81. The third kappa shape index (κ3) is 5.56. The molecule has 0 bridgehead atoms. The van der Waals surface area contributed by atoms with Crippen molar-refractivity contribution in [3.8, 4) is 0 Å². The van der Waals surface area contributed by atoms with Crippen LogP contribution in [0.3, 0.4) is 0 Å². The van der Waals surface area contributed by atoms with Crippen LogP contribution in [0, 0.1) is 12.3 Å². The molecule has 206 valence electrons. The molecule has 1 spiro atoms. The van der Waals surface area contributed by atoms with Crippen molar-refractivity contribution in [2.45, 2.75) is 50.7 Å². The van der Waals surface area contributed by atoms with Crippen molar-refractivity contribution in [2.24, 2.45) is 5.41 Å². The highest BCUT2D eigenvalue weighted by Gasteiger charge is 2.45. The van der Waals surface area contributed by atoms with E-state index in [1.165, 1.54) is 30.7 Å². The van der Waals surface area contributed by atoms with Crippen LogP contribution in [0.5, 0.6) is 0 Å². The number of pyridine rings is 1. The summed E-state index contributed by atoms with van der Waals surface area (Å²) in [7, 11) is -3.81. The van der Waals surface area contributed by atoms with E-state index in [1.807, 2.05) is 0 Å². The van der Waals surface area contributed by atoms with Crippen LogP contribution in [0.25, 0.3) is 0 Å². The van der Waals surface area contributed by atoms with Crippen LogP contribution in [0.1, 0.15) is 48.5 Å². The predicted molar refractivity (Wildman–Crippen MR) is 143 cm³/mol. The molecule has 5 rings (SSSR count). The zero-order valence-electron chi connectivity index (χ0n) is 21.5. The quantitative estimate of drug-likeness (QED) is 0.461. The summed E-state index contributed by atoms with van der Waals surface area (Å²) in [6, 6.07) is 8.12. The molecule has 38 heavy (non-hydrogen) atoms. The lowest BCUT2D eigenvalue weighted by atomic mass is 9.93. The molecule has 9 nitrogen and oxygen atoms in total. The van der Waals surface area contributed by atoms with Crippen molar-refractivity contribution in [1.29, 1.82) is 0 Å². The van der Waals surface area contributed by atoms with Crippen molar-refractivity contribution in [3.05, 3.63) is 41.5 Å². The lowest BCUT2D eigenvalue weighted by molar-refractivity contribution is -0.0267. The Morgan fingerprint density at radius 2 is 1.79 bits per heavy atom. The van der Waals surface area contributed by atoms with E-state index in [-0.39, 0.29) is 5.82 Å². The average Bonchev–Trinajstić information content (AvgIpc) is 3.60. The third-order valence-corrected chi connectivity index (χ3v) is 9.51. The van der Waals surface area contributed by atoms with Crippen LogP contribution in [-0.2, 0) is 10.0 Å². The van der Waals surface area contributed by atoms with Gasteiger partial charge in [-0.25, -0.2) is 22.2 Å². The molecule has 1 amide bonds. The molecule has 1 aliphatic carbocycles. The number of piperidine rings is 1. The van der Waals surface area contributed by atoms with Gasteiger partial charge in [-0.1, -0.05) is 0 Å². The van der Waals surface area contributed by atoms with E-state index in [4.69, 9.17) is 0 Å². The fourth-order valence-electron chi connectivity index (χ4n) is 5.04. The van der Waals surface area contributed by atoms with Gasteiger partial charge in [-0.15, -0.1) is 0 Å². The summed E-state index contributed by atoms with van der Waals surface area (Å²) in [5.41, 5.74) is 2.44. The number of anilines is 4. The smallest absolute Gasteiger partial charge is 0.282 e. The summed E-state index contributed by atoms with van der Waals surface area (Å²) in [6.45, 7) is 3.37. The maximum atomic E-state index is 13.5. The van der Waals surface area contributed by atoms with E-state index in [1.54, 1.807) is 31.2 Å². The molecule has 3 aliphatic rings. The number of rotatable bonds is 8. The molecule has 1 aromatic carbocycles. The van der Waals surface area contributed by atoms with E-state index >= 15 is 0 Å². The Balaban J connectivity index is 1.41. The normalized spacial score (nSPS) is 20.6. The van der Waals surface area contributed by atoms with Gasteiger partial charge in [0, 0.05) is 13.1 Å². The number of aliphatic hydroxyl groups excluding tert-OH is 1. The number of aryl methyl sites for hydroxylation is 1. The van der Waals surface area contributed by atoms with Gasteiger partial charge < -0.3 is 20.2 Å². The number of aromatic nitrogens is 1. The highest BCUT2D eigenvalue weighted by molar-refractivity contribution is 7.93. The predicted octanol–water partition coefficient (Wildman–Crippen LogP) is 3.60. The minimum absolute atomic E-state index is 0.253. The number of amides is 1. The summed E-state index contributed by atoms with van der Waals surface area (Å²) in [4.78, 5) is 21.4. The summed E-state index contributed by atoms with van der Waals surface area (Å²) < 4.78 is 54.4. The van der Waals surface area contributed by atoms with Crippen LogP contribution < -0.4 is 19.8 Å². The number of halogens is 2. The van der Waals surface area contributed by atoms with Gasteiger partial charge >= 0.3 is 0 Å². The van der Waals surface area contributed by atoms with Gasteiger partial charge in [0.15, 0.2) is 0 Å². The van der Waals surface area contributed by atoms with E-state index < -0.39 is 46.8 Å². The molecule has 3 heterocycles. The number of hydrogen-bond acceptors (Lipinski definition) is 7. The number of carbonyl (C=O) groups is 1. The third-order valence-electron chi connectivity index (χ3n) is 7.78. The average molecular weight is 550 g/mol. The van der Waals surface area contributed by atoms with Gasteiger partial charge in [0.2, 0.25) is 10.0 Å². The van der Waals surface area contributed by atoms with E-state index in [0.29, 0.717) is 28.2 Å². The Morgan fingerprint density at radius 1 is 1.11 bits per heavy atom. The fraction of sp³-hybridized carbons (Fsp3) is 0.538. The first kappa shape index (κ1) is 26.6. The lowest BCUT2D eigenvalue weighted by Crippen LogP contribution is -2.56. The summed E-state index contributed by atoms with van der Waals surface area (Å²) in [5, 5.41) is 11.1. The van der Waals surface area contributed by atoms with Gasteiger partial charge in [-0.2, -0.15) is 0 Å². The van der Waals surface area contributed by atoms with Crippen LogP contribution in [0.15, 0.2) is 30.3 Å². The second-order valence-corrected chi connectivity index (χ2v) is 13.0. The molecule has 2 aliphatic heterocycles. The van der Waals surface area contributed by atoms with Gasteiger partial charge in [-0.3, -0.25) is 9.52 Å². The number of nitrogens with zero attached hydrogens (tertiary/aromatic N) is 3. The topological polar surface area (TPSA) is 115 Å². The highest BCUT2D eigenvalue weighted by atomic mass is 32.2. The molecule has 2 saturated heterocycles. The number of aliphatic hydroxyl groups is 1. The molecule has 0 radical (unpaired) electrons. The van der Waals surface area contributed by atoms with Crippen molar-refractivity contribution in [2.75, 3.05) is 52.6 Å². The minimum Gasteiger partial charge on any atom is -0.395 e. The van der Waals surface area contributed by atoms with Crippen LogP contribution in [0.2, 0.25) is 0 Å². The standard InChI is InChI=1S/C26H33F2N5O4S/c1-17-11-22(29-23(12-17)33-15-26(27,28)16-33)30-24(35)20-4-3-19(31-38(36,37)18(2)14-34)13-21(20)32-9-7-25(5-6-25)8-10-32/h3-4,11-13,18,31,34H,5-10,14-16H2,1-2H3,(H,29,30,35)/t18-/m0/s1. The molecule has 1 saturated carbocycles. The largest absolute Gasteiger partial charge is 0.395 e. The number of nitrogens with one attached hydrogen (secondary N) is 2. The Morgan fingerprint density at radius 3 is 2.39 bits per heavy atom. The van der Waals surface area contributed by atoms with Gasteiger partial charge in [0.05, 0.1) is 36.6 Å². The summed E-state index contributed by atoms with van der Waals surface area (Å²) >= 11 is 0. The number of alkyl halides is 2. The SMILES string of the molecule is Cc1cc(NC(=O)c2ccc(NS(=O)(=O)[C@@H](C)CO)cc2N2CCC3(CC2)CC3)nc(N2CC(F)(F)C2)c1. The molecule has 1 atom stereocenters. The zero-order chi connectivity index (χ0) is 27.3. The maximum Gasteiger partial charge on any atom is 0.282 e. The molecule has 2 aromatic rings. The number of hydrogen-bond donors (Lipinski definition) is 3. The van der Waals surface area contributed by atoms with Crippen LogP contribution >= 0.6 is 0 Å². The summed E-state index contributed by atoms with van der Waals surface area (Å²) in [6.07, 6.45) is 4.46. The molecular formula is C26H33F2N5O4S. The monoisotopic (exact) mass is 549 g/mol. The molecule has 1 aromatic heterocycles. The van der Waals surface area contributed by atoms with Crippen molar-refractivity contribution in [3.63, 3.8) is 0 Å². The number of benzene rings is 1. The molecule has 3 N–H and O–H groups in total. The van der Waals surface area contributed by atoms with Crippen molar-refractivity contribution >= 4 is 38.9 Å². The highest BCUT2D eigenvalue weighted by Crippen LogP contribution is 2.54. The first-order valence-electron chi connectivity index (χ1n) is 12.8. The van der Waals surface area contributed by atoms with E-state index in [9.17, 15) is 27.1 Å². The Kier molecular flexibility index (Phi) is 6.75. The van der Waals surface area contributed by atoms with Gasteiger partial charge in [0.1, 0.15) is 16.9 Å². The fourth-order valence-corrected chi connectivity index (χ4v) is 5.90. The first-order valence-corrected chi connectivity index (χ1v) is 14.4. The Hall–Kier alpha value is -2.99. The lowest BCUT2D eigenvalue weighted by Gasteiger charge is -2.39. The summed E-state index contributed by atoms with van der Waals surface area (Å²) in [5.74, 6) is -2.54. The van der Waals surface area contributed by atoms with Crippen LogP contribution in [-0.4, -0.2) is 68.4 Å². The maximum absolute atomic E-state index is 13.5. The Bertz CT molecular complexity index is 1330. The first-order chi connectivity index (χ1) is 17.9. The number of carbonyl (C=O) groups excluding carboxylic acids is 1. The molecule has 3 fully saturated rings. The van der Waals surface area contributed by atoms with Gasteiger partial charge in [-0.05, 0) is 80.8 Å². The van der Waals surface area contributed by atoms with E-state index in [0.717, 1.165) is 31.5 Å². The van der Waals surface area contributed by atoms with E-state index in [2.05, 4.69) is 19.9 Å². The van der Waals surface area contributed by atoms with Crippen LogP contribution in [0.4, 0.5) is 31.8 Å². The van der Waals surface area contributed by atoms with Gasteiger partial charge in [0.25, 0.3) is 11.8 Å². The van der Waals surface area contributed by atoms with Crippen molar-refractivity contribution in [1.82, 2.24) is 4.98 Å². The van der Waals surface area contributed by atoms with Crippen molar-refractivity contribution < 1.29 is 27.1 Å². The second-order valence-electron chi connectivity index (χ2n) is 10.9. The molecule has 0 unspecified atom stereocenters. The Labute approximate surface area is 221 Å². The second kappa shape index (κ2) is 9.64. The molecular weight excluding hydrogens is 516 g/mol. The zero-order valence-corrected chi connectivity index (χ0v) is 22.3.